The first-order chi connectivity index (χ1) is 5.16. The fourth-order valence-corrected chi connectivity index (χ4v) is 0.455. The molecule has 0 N–H and O–H groups in total. The van der Waals surface area contributed by atoms with Gasteiger partial charge in [-0.05, 0) is 6.92 Å². The highest BCUT2D eigenvalue weighted by molar-refractivity contribution is 5.94. The molecule has 0 saturated carbocycles. The maximum absolute atomic E-state index is 10.6. The van der Waals surface area contributed by atoms with Crippen LogP contribution in [-0.4, -0.2) is 24.9 Å². The van der Waals surface area contributed by atoms with Crippen LogP contribution in [0.5, 0.6) is 0 Å². The summed E-state index contributed by atoms with van der Waals surface area (Å²) in [5.74, 6) is -0.822. The van der Waals surface area contributed by atoms with Gasteiger partial charge in [0, 0.05) is 0 Å². The lowest BCUT2D eigenvalue weighted by molar-refractivity contribution is -0.145. The van der Waals surface area contributed by atoms with E-state index in [-0.39, 0.29) is 25.4 Å². The lowest BCUT2D eigenvalue weighted by Crippen LogP contribution is -2.10. The van der Waals surface area contributed by atoms with Crippen molar-refractivity contribution in [3.63, 3.8) is 0 Å². The van der Waals surface area contributed by atoms with E-state index in [2.05, 4.69) is 9.71 Å². The van der Waals surface area contributed by atoms with Gasteiger partial charge in [-0.1, -0.05) is 0 Å². The Morgan fingerprint density at radius 2 is 2.18 bits per heavy atom. The maximum Gasteiger partial charge on any atom is 0.338 e. The van der Waals surface area contributed by atoms with E-state index in [9.17, 15) is 9.59 Å². The summed E-state index contributed by atoms with van der Waals surface area (Å²) < 4.78 is 4.48. The Bertz CT molecular complexity index is 194. The van der Waals surface area contributed by atoms with Gasteiger partial charge >= 0.3 is 12.5 Å². The molecule has 0 spiro atoms. The predicted octanol–water partition coefficient (Wildman–Crippen LogP) is 0.362. The highest BCUT2D eigenvalue weighted by Crippen LogP contribution is 1.87. The molecule has 0 aliphatic rings. The second-order valence-corrected chi connectivity index (χ2v) is 1.96. The summed E-state index contributed by atoms with van der Waals surface area (Å²) in [6.45, 7) is 1.37. The van der Waals surface area contributed by atoms with Crippen molar-refractivity contribution in [2.75, 3.05) is 13.2 Å². The first-order valence-corrected chi connectivity index (χ1v) is 3.12. The topological polar surface area (TPSA) is 71.5 Å². The van der Waals surface area contributed by atoms with Crippen molar-refractivity contribution in [2.45, 2.75) is 13.3 Å². The molecule has 0 radical (unpaired) electrons. The van der Waals surface area contributed by atoms with Gasteiger partial charge in [0.2, 0.25) is 5.39 Å². The van der Waals surface area contributed by atoms with Crippen molar-refractivity contribution >= 4 is 11.8 Å². The molecule has 0 aromatic rings. The van der Waals surface area contributed by atoms with Crippen molar-refractivity contribution in [3.8, 4) is 0 Å². The van der Waals surface area contributed by atoms with E-state index < -0.39 is 5.97 Å². The number of esters is 1. The zero-order valence-corrected chi connectivity index (χ0v) is 6.24. The van der Waals surface area contributed by atoms with Crippen molar-refractivity contribution in [3.05, 3.63) is 4.98 Å². The van der Waals surface area contributed by atoms with Crippen LogP contribution in [0.1, 0.15) is 13.3 Å². The van der Waals surface area contributed by atoms with Gasteiger partial charge in [0.25, 0.3) is 0 Å². The van der Waals surface area contributed by atoms with Crippen LogP contribution in [0.3, 0.4) is 0 Å². The lowest BCUT2D eigenvalue weighted by Gasteiger charge is -1.95. The fraction of sp³-hybridized carbons (Fsp3) is 0.667. The van der Waals surface area contributed by atoms with Crippen molar-refractivity contribution in [2.24, 2.45) is 0 Å². The molecule has 0 aromatic carbocycles. The van der Waals surface area contributed by atoms with Gasteiger partial charge in [-0.3, -0.25) is 9.59 Å². The summed E-state index contributed by atoms with van der Waals surface area (Å²) in [4.78, 5) is 23.6. The number of Topliss-reactive ketones (excluding diaryl/α,β-unsaturated/α-hetero) is 1. The molecule has 5 nitrogen and oxygen atoms in total. The van der Waals surface area contributed by atoms with Crippen LogP contribution in [0.4, 0.5) is 0 Å². The summed E-state index contributed by atoms with van der Waals surface area (Å²) >= 11 is 0. The first kappa shape index (κ1) is 9.56. The first-order valence-electron chi connectivity index (χ1n) is 3.12. The molecule has 0 saturated heterocycles. The molecule has 0 atom stereocenters. The van der Waals surface area contributed by atoms with Crippen LogP contribution >= 0.6 is 0 Å². The minimum atomic E-state index is -0.582. The van der Waals surface area contributed by atoms with Gasteiger partial charge in [0.05, 0.1) is 0 Å². The maximum atomic E-state index is 10.6. The molecule has 0 heterocycles. The number of ether oxygens (including phenoxy) is 1. The van der Waals surface area contributed by atoms with E-state index in [0.717, 1.165) is 0 Å². The van der Waals surface area contributed by atoms with Crippen molar-refractivity contribution in [1.29, 1.82) is 5.39 Å². The quantitative estimate of drug-likeness (QED) is 0.255. The van der Waals surface area contributed by atoms with E-state index in [4.69, 9.17) is 5.39 Å². The normalized spacial score (nSPS) is 8.36. The number of nitrogens with zero attached hydrogens (tertiary/aromatic N) is 2. The van der Waals surface area contributed by atoms with Crippen LogP contribution in [0, 0.1) is 5.39 Å². The molecule has 0 aromatic heterocycles. The van der Waals surface area contributed by atoms with Crippen LogP contribution in [0.2, 0.25) is 0 Å². The predicted molar refractivity (Wildman–Crippen MR) is 36.2 cm³/mol. The third-order valence-electron chi connectivity index (χ3n) is 0.848. The molecule has 0 aliphatic heterocycles. The minimum absolute atomic E-state index is 0.0165. The third-order valence-corrected chi connectivity index (χ3v) is 0.848. The summed E-state index contributed by atoms with van der Waals surface area (Å²) in [6.07, 6.45) is -0.217. The van der Waals surface area contributed by atoms with Crippen LogP contribution in [-0.2, 0) is 14.3 Å². The van der Waals surface area contributed by atoms with Crippen LogP contribution in [0.15, 0.2) is 0 Å². The highest BCUT2D eigenvalue weighted by Gasteiger charge is 2.07. The number of hydrogen-bond donors (Lipinski definition) is 0. The molecular weight excluding hydrogens is 148 g/mol. The van der Waals surface area contributed by atoms with Gasteiger partial charge in [0.1, 0.15) is 17.2 Å². The Kier molecular flexibility index (Phi) is 4.65. The van der Waals surface area contributed by atoms with Gasteiger partial charge in [-0.15, -0.1) is 0 Å². The number of hydrogen-bond acceptors (Lipinski definition) is 4. The molecule has 0 bridgehead atoms. The lowest BCUT2D eigenvalue weighted by atomic mass is 10.3. The standard InChI is InChI=1S/C6H9N2O3/c1-5(9)4-6(10)11-3-2-8-7/h2-4H2,1H3/q+1. The smallest absolute Gasteiger partial charge is 0.338 e. The molecule has 0 amide bonds. The Labute approximate surface area is 64.0 Å². The monoisotopic (exact) mass is 157 g/mol. The number of carbonyl (C=O) groups excluding carboxylic acids is 2. The molecule has 0 fully saturated rings. The van der Waals surface area contributed by atoms with E-state index in [1.54, 1.807) is 0 Å². The third kappa shape index (κ3) is 6.45. The molecular formula is C6H9N2O3+. The van der Waals surface area contributed by atoms with Gasteiger partial charge < -0.3 is 4.74 Å². The second-order valence-electron chi connectivity index (χ2n) is 1.96. The number of ketones is 1. The molecule has 5 heteroatoms. The van der Waals surface area contributed by atoms with Crippen molar-refractivity contribution in [1.82, 2.24) is 0 Å². The van der Waals surface area contributed by atoms with E-state index >= 15 is 0 Å². The zero-order valence-electron chi connectivity index (χ0n) is 6.24. The molecule has 11 heavy (non-hydrogen) atoms. The fourth-order valence-electron chi connectivity index (χ4n) is 0.455. The SMILES string of the molecule is CC(=O)CC(=O)OCC[N+]#N. The molecule has 60 valence electrons. The summed E-state index contributed by atoms with van der Waals surface area (Å²) in [7, 11) is 0. The number of rotatable bonds is 4. The zero-order chi connectivity index (χ0) is 8.69. The van der Waals surface area contributed by atoms with Gasteiger partial charge in [0.15, 0.2) is 6.61 Å². The Hall–Kier alpha value is -1.44. The second kappa shape index (κ2) is 5.35. The minimum Gasteiger partial charge on any atom is -0.457 e. The Balaban J connectivity index is 3.39. The van der Waals surface area contributed by atoms with Crippen LogP contribution < -0.4 is 0 Å². The molecule has 0 unspecified atom stereocenters. The summed E-state index contributed by atoms with van der Waals surface area (Å²) in [5, 5.41) is 7.93. The molecule has 0 aliphatic carbocycles. The van der Waals surface area contributed by atoms with E-state index in [1.165, 1.54) is 6.92 Å². The number of carbonyl (C=O) groups is 2. The van der Waals surface area contributed by atoms with E-state index in [1.807, 2.05) is 0 Å². The van der Waals surface area contributed by atoms with Crippen LogP contribution in [0.25, 0.3) is 4.98 Å². The Morgan fingerprint density at radius 1 is 1.55 bits per heavy atom. The molecule has 0 rings (SSSR count). The number of diazo groups is 1. The van der Waals surface area contributed by atoms with Gasteiger partial charge in [-0.25, -0.2) is 0 Å². The Morgan fingerprint density at radius 3 is 2.64 bits per heavy atom. The average Bonchev–Trinajstić information content (AvgIpc) is 1.86. The average molecular weight is 157 g/mol. The summed E-state index contributed by atoms with van der Waals surface area (Å²) in [5.41, 5.74) is 0. The highest BCUT2D eigenvalue weighted by atomic mass is 16.5. The summed E-state index contributed by atoms with van der Waals surface area (Å²) in [6, 6.07) is 0. The largest absolute Gasteiger partial charge is 0.457 e. The van der Waals surface area contributed by atoms with Crippen molar-refractivity contribution < 1.29 is 14.3 Å². The van der Waals surface area contributed by atoms with E-state index in [0.29, 0.717) is 0 Å². The van der Waals surface area contributed by atoms with Gasteiger partial charge in [-0.2, -0.15) is 0 Å².